The van der Waals surface area contributed by atoms with Crippen LogP contribution in [0.25, 0.3) is 0 Å². The molecule has 0 aromatic heterocycles. The summed E-state index contributed by atoms with van der Waals surface area (Å²) < 4.78 is 30.8. The zero-order valence-corrected chi connectivity index (χ0v) is 18.8. The third-order valence-electron chi connectivity index (χ3n) is 6.01. The minimum Gasteiger partial charge on any atom is -0.298 e. The van der Waals surface area contributed by atoms with Gasteiger partial charge in [-0.05, 0) is 36.3 Å². The summed E-state index contributed by atoms with van der Waals surface area (Å²) >= 11 is 6.72. The SMILES string of the molecule is CC1(C)C2CCC1(CS(=O)(=O)O/N=C(/C#N)c1ccc(Br)cc1)C(=O)C2Br. The normalized spacial score (nSPS) is 29.6. The Balaban J connectivity index is 1.84. The van der Waals surface area contributed by atoms with E-state index < -0.39 is 26.7 Å². The molecule has 0 saturated heterocycles. The zero-order chi connectivity index (χ0) is 20.0. The fourth-order valence-corrected chi connectivity index (χ4v) is 7.47. The molecule has 0 amide bonds. The largest absolute Gasteiger partial charge is 0.329 e. The lowest BCUT2D eigenvalue weighted by molar-refractivity contribution is -0.127. The van der Waals surface area contributed by atoms with Gasteiger partial charge in [0.25, 0.3) is 0 Å². The van der Waals surface area contributed by atoms with E-state index in [0.29, 0.717) is 12.0 Å². The number of nitriles is 1. The van der Waals surface area contributed by atoms with E-state index in [9.17, 15) is 18.5 Å². The maximum absolute atomic E-state index is 12.8. The summed E-state index contributed by atoms with van der Waals surface area (Å²) in [4.78, 5) is 12.4. The standard InChI is InChI=1S/C18H18Br2N2O4S/c1-17(2)13-7-8-18(17,16(23)15(13)20)10-27(24,25)26-22-14(9-21)11-3-5-12(19)6-4-11/h3-6,13,15H,7-8,10H2,1-2H3/b22-14-. The lowest BCUT2D eigenvalue weighted by Gasteiger charge is -2.35. The van der Waals surface area contributed by atoms with Crippen molar-refractivity contribution < 1.29 is 17.5 Å². The van der Waals surface area contributed by atoms with Crippen molar-refractivity contribution in [2.45, 2.75) is 31.5 Å². The van der Waals surface area contributed by atoms with Crippen molar-refractivity contribution in [3.05, 3.63) is 34.3 Å². The van der Waals surface area contributed by atoms with Gasteiger partial charge in [0, 0.05) is 10.0 Å². The van der Waals surface area contributed by atoms with Crippen LogP contribution in [0.1, 0.15) is 32.3 Å². The van der Waals surface area contributed by atoms with Gasteiger partial charge in [0.15, 0.2) is 11.5 Å². The van der Waals surface area contributed by atoms with Crippen LogP contribution < -0.4 is 0 Å². The Hall–Kier alpha value is -1.24. The summed E-state index contributed by atoms with van der Waals surface area (Å²) in [5.41, 5.74) is -1.16. The minimum absolute atomic E-state index is 0.0895. The number of Topliss-reactive ketones (excluding diaryl/α,β-unsaturated/α-hetero) is 1. The molecular weight excluding hydrogens is 500 g/mol. The molecule has 0 radical (unpaired) electrons. The molecule has 2 bridgehead atoms. The number of rotatable bonds is 5. The number of fused-ring (bicyclic) bond motifs is 2. The summed E-state index contributed by atoms with van der Waals surface area (Å²) in [6.07, 6.45) is 1.30. The fourth-order valence-electron chi connectivity index (χ4n) is 4.34. The van der Waals surface area contributed by atoms with Crippen LogP contribution >= 0.6 is 31.9 Å². The highest BCUT2D eigenvalue weighted by Crippen LogP contribution is 2.65. The Morgan fingerprint density at radius 2 is 2.00 bits per heavy atom. The van der Waals surface area contributed by atoms with E-state index in [2.05, 4.69) is 37.0 Å². The van der Waals surface area contributed by atoms with E-state index in [4.69, 9.17) is 4.28 Å². The molecule has 3 atom stereocenters. The quantitative estimate of drug-likeness (QED) is 0.336. The van der Waals surface area contributed by atoms with Crippen molar-refractivity contribution in [1.82, 2.24) is 0 Å². The average Bonchev–Trinajstić information content (AvgIpc) is 2.92. The van der Waals surface area contributed by atoms with E-state index in [1.165, 1.54) is 0 Å². The van der Waals surface area contributed by atoms with Gasteiger partial charge in [0.2, 0.25) is 0 Å². The molecule has 3 rings (SSSR count). The number of oxime groups is 1. The molecule has 1 aromatic carbocycles. The van der Waals surface area contributed by atoms with Gasteiger partial charge in [-0.15, -0.1) is 0 Å². The highest BCUT2D eigenvalue weighted by Gasteiger charge is 2.69. The number of carbonyl (C=O) groups is 1. The zero-order valence-electron chi connectivity index (χ0n) is 14.8. The molecule has 27 heavy (non-hydrogen) atoms. The predicted octanol–water partition coefficient (Wildman–Crippen LogP) is 3.79. The van der Waals surface area contributed by atoms with Gasteiger partial charge in [-0.1, -0.05) is 63.0 Å². The van der Waals surface area contributed by atoms with Gasteiger partial charge >= 0.3 is 10.1 Å². The number of nitrogens with zero attached hydrogens (tertiary/aromatic N) is 2. The van der Waals surface area contributed by atoms with Crippen molar-refractivity contribution in [3.8, 4) is 6.07 Å². The van der Waals surface area contributed by atoms with Gasteiger partial charge < -0.3 is 0 Å². The molecule has 144 valence electrons. The number of benzene rings is 1. The maximum atomic E-state index is 12.8. The monoisotopic (exact) mass is 516 g/mol. The number of hydrogen-bond acceptors (Lipinski definition) is 6. The van der Waals surface area contributed by atoms with Gasteiger partial charge in [0.05, 0.1) is 10.2 Å². The number of halogens is 2. The van der Waals surface area contributed by atoms with E-state index in [0.717, 1.165) is 10.9 Å². The summed E-state index contributed by atoms with van der Waals surface area (Å²) in [5, 5.41) is 12.8. The molecule has 2 saturated carbocycles. The van der Waals surface area contributed by atoms with Crippen LogP contribution in [-0.2, 0) is 19.2 Å². The van der Waals surface area contributed by atoms with E-state index in [1.807, 2.05) is 19.9 Å². The molecule has 9 heteroatoms. The molecule has 3 unspecified atom stereocenters. The van der Waals surface area contributed by atoms with Gasteiger partial charge in [-0.3, -0.25) is 9.08 Å². The topological polar surface area (TPSA) is 96.6 Å². The fraction of sp³-hybridized carbons (Fsp3) is 0.500. The van der Waals surface area contributed by atoms with E-state index in [1.54, 1.807) is 24.3 Å². The highest BCUT2D eigenvalue weighted by molar-refractivity contribution is 9.10. The van der Waals surface area contributed by atoms with Crippen LogP contribution in [0.2, 0.25) is 0 Å². The first-order chi connectivity index (χ1) is 12.5. The van der Waals surface area contributed by atoms with Crippen molar-refractivity contribution >= 4 is 53.5 Å². The average molecular weight is 518 g/mol. The second kappa shape index (κ2) is 6.98. The Kier molecular flexibility index (Phi) is 5.30. The van der Waals surface area contributed by atoms with Gasteiger partial charge in [-0.25, -0.2) is 0 Å². The van der Waals surface area contributed by atoms with Crippen LogP contribution in [0, 0.1) is 28.1 Å². The van der Waals surface area contributed by atoms with Crippen LogP contribution in [-0.4, -0.2) is 30.5 Å². The number of hydrogen-bond donors (Lipinski definition) is 0. The first kappa shape index (κ1) is 20.5. The molecule has 0 N–H and O–H groups in total. The third-order valence-corrected chi connectivity index (χ3v) is 8.74. The van der Waals surface area contributed by atoms with Crippen molar-refractivity contribution in [2.24, 2.45) is 21.9 Å². The molecule has 0 aliphatic heterocycles. The van der Waals surface area contributed by atoms with Gasteiger partial charge in [0.1, 0.15) is 11.8 Å². The molecule has 2 fully saturated rings. The molecule has 0 spiro atoms. The van der Waals surface area contributed by atoms with E-state index >= 15 is 0 Å². The molecular formula is C18H18Br2N2O4S. The predicted molar refractivity (Wildman–Crippen MR) is 108 cm³/mol. The molecule has 0 heterocycles. The van der Waals surface area contributed by atoms with Crippen molar-refractivity contribution in [1.29, 1.82) is 5.26 Å². The third kappa shape index (κ3) is 3.36. The smallest absolute Gasteiger partial charge is 0.298 e. The number of alkyl halides is 1. The second-order valence-electron chi connectivity index (χ2n) is 7.55. The Morgan fingerprint density at radius 1 is 1.37 bits per heavy atom. The molecule has 1 aromatic rings. The Labute approximate surface area is 175 Å². The van der Waals surface area contributed by atoms with Crippen LogP contribution in [0.15, 0.2) is 33.9 Å². The first-order valence-corrected chi connectivity index (χ1v) is 11.7. The molecule has 2 aliphatic rings. The summed E-state index contributed by atoms with van der Waals surface area (Å²) in [7, 11) is -4.15. The van der Waals surface area contributed by atoms with Crippen LogP contribution in [0.5, 0.6) is 0 Å². The Bertz CT molecular complexity index is 951. The first-order valence-electron chi connectivity index (χ1n) is 8.38. The minimum atomic E-state index is -4.15. The van der Waals surface area contributed by atoms with Crippen molar-refractivity contribution in [3.63, 3.8) is 0 Å². The lowest BCUT2D eigenvalue weighted by atomic mass is 9.70. The van der Waals surface area contributed by atoms with Gasteiger partial charge in [-0.2, -0.15) is 13.7 Å². The van der Waals surface area contributed by atoms with Crippen LogP contribution in [0.3, 0.4) is 0 Å². The van der Waals surface area contributed by atoms with E-state index in [-0.39, 0.29) is 22.2 Å². The summed E-state index contributed by atoms with van der Waals surface area (Å²) in [6.45, 7) is 3.87. The molecule has 2 aliphatic carbocycles. The summed E-state index contributed by atoms with van der Waals surface area (Å²) in [5.74, 6) is -0.429. The second-order valence-corrected chi connectivity index (χ2v) is 11.0. The van der Waals surface area contributed by atoms with Crippen LogP contribution in [0.4, 0.5) is 0 Å². The van der Waals surface area contributed by atoms with Crippen molar-refractivity contribution in [2.75, 3.05) is 5.75 Å². The summed E-state index contributed by atoms with van der Waals surface area (Å²) in [6, 6.07) is 8.52. The number of ketones is 1. The lowest BCUT2D eigenvalue weighted by Crippen LogP contribution is -2.43. The maximum Gasteiger partial charge on any atom is 0.329 e. The molecule has 6 nitrogen and oxygen atoms in total. The highest BCUT2D eigenvalue weighted by atomic mass is 79.9. The Morgan fingerprint density at radius 3 is 2.52 bits per heavy atom. The number of carbonyl (C=O) groups excluding carboxylic acids is 1.